The van der Waals surface area contributed by atoms with E-state index in [-0.39, 0.29) is 11.7 Å². The minimum atomic E-state index is -0.301. The molecule has 0 N–H and O–H groups in total. The third kappa shape index (κ3) is 2.87. The van der Waals surface area contributed by atoms with Gasteiger partial charge in [0.1, 0.15) is 17.3 Å². The van der Waals surface area contributed by atoms with Crippen molar-refractivity contribution < 1.29 is 13.7 Å². The molecule has 1 aromatic heterocycles. The number of carbonyl (C=O) groups is 1. The molecule has 1 aliphatic rings. The Bertz CT molecular complexity index is 696. The van der Waals surface area contributed by atoms with Gasteiger partial charge in [0.25, 0.3) is 0 Å². The maximum absolute atomic E-state index is 13.4. The zero-order valence-corrected chi connectivity index (χ0v) is 12.7. The smallest absolute Gasteiger partial charge is 0.236 e. The van der Waals surface area contributed by atoms with E-state index in [1.54, 1.807) is 25.1 Å². The average molecular weight is 303 g/mol. The Morgan fingerprint density at radius 1 is 1.45 bits per heavy atom. The number of carbonyl (C=O) groups excluding carboxylic acids is 1. The van der Waals surface area contributed by atoms with Crippen molar-refractivity contribution in [1.82, 2.24) is 15.0 Å². The van der Waals surface area contributed by atoms with Crippen LogP contribution in [-0.2, 0) is 17.8 Å². The number of aromatic nitrogens is 1. The highest BCUT2D eigenvalue weighted by molar-refractivity contribution is 5.77. The molecule has 0 radical (unpaired) electrons. The van der Waals surface area contributed by atoms with E-state index in [1.165, 1.54) is 12.1 Å². The van der Waals surface area contributed by atoms with Gasteiger partial charge in [0.05, 0.1) is 6.54 Å². The number of halogens is 1. The van der Waals surface area contributed by atoms with Crippen molar-refractivity contribution in [1.29, 1.82) is 0 Å². The van der Waals surface area contributed by atoms with Crippen LogP contribution in [0.4, 0.5) is 4.39 Å². The minimum Gasteiger partial charge on any atom is -0.360 e. The molecule has 0 bridgehead atoms. The summed E-state index contributed by atoms with van der Waals surface area (Å²) in [7, 11) is 3.49. The molecule has 116 valence electrons. The molecule has 5 nitrogen and oxygen atoms in total. The summed E-state index contributed by atoms with van der Waals surface area (Å²) in [6, 6.07) is 6.31. The van der Waals surface area contributed by atoms with Gasteiger partial charge in [-0.2, -0.15) is 0 Å². The van der Waals surface area contributed by atoms with E-state index in [9.17, 15) is 9.18 Å². The highest BCUT2D eigenvalue weighted by atomic mass is 19.1. The molecule has 2 aromatic rings. The molecular weight excluding hydrogens is 285 g/mol. The first-order valence-corrected chi connectivity index (χ1v) is 7.20. The van der Waals surface area contributed by atoms with Crippen molar-refractivity contribution in [3.05, 3.63) is 41.4 Å². The zero-order chi connectivity index (χ0) is 15.7. The summed E-state index contributed by atoms with van der Waals surface area (Å²) >= 11 is 0. The number of hydrogen-bond acceptors (Lipinski definition) is 4. The van der Waals surface area contributed by atoms with Crippen LogP contribution in [0.1, 0.15) is 11.3 Å². The maximum atomic E-state index is 13.4. The van der Waals surface area contributed by atoms with Gasteiger partial charge in [-0.1, -0.05) is 17.3 Å². The van der Waals surface area contributed by atoms with Crippen molar-refractivity contribution in [3.8, 4) is 11.3 Å². The van der Waals surface area contributed by atoms with Crippen molar-refractivity contribution in [2.24, 2.45) is 0 Å². The van der Waals surface area contributed by atoms with Crippen LogP contribution in [0.3, 0.4) is 0 Å². The lowest BCUT2D eigenvalue weighted by atomic mass is 10.0. The minimum absolute atomic E-state index is 0.0622. The first-order chi connectivity index (χ1) is 10.5. The summed E-state index contributed by atoms with van der Waals surface area (Å²) in [6.07, 6.45) is 0.707. The molecule has 0 fully saturated rings. The van der Waals surface area contributed by atoms with Gasteiger partial charge in [-0.15, -0.1) is 0 Å². The third-order valence-electron chi connectivity index (χ3n) is 3.86. The van der Waals surface area contributed by atoms with Gasteiger partial charge >= 0.3 is 0 Å². The molecule has 3 rings (SSSR count). The lowest BCUT2D eigenvalue weighted by Gasteiger charge is -2.26. The monoisotopic (exact) mass is 303 g/mol. The summed E-state index contributed by atoms with van der Waals surface area (Å²) in [5.74, 6) is 0.588. The molecule has 0 spiro atoms. The van der Waals surface area contributed by atoms with Crippen LogP contribution in [-0.4, -0.2) is 48.0 Å². The lowest BCUT2D eigenvalue weighted by Crippen LogP contribution is -2.39. The van der Waals surface area contributed by atoms with Gasteiger partial charge in [0.15, 0.2) is 0 Å². The first kappa shape index (κ1) is 14.7. The fourth-order valence-electron chi connectivity index (χ4n) is 2.60. The van der Waals surface area contributed by atoms with Crippen LogP contribution in [0.15, 0.2) is 28.8 Å². The molecule has 1 amide bonds. The fourth-order valence-corrected chi connectivity index (χ4v) is 2.60. The van der Waals surface area contributed by atoms with Crippen molar-refractivity contribution in [2.75, 3.05) is 27.2 Å². The molecule has 0 saturated heterocycles. The van der Waals surface area contributed by atoms with Gasteiger partial charge in [-0.05, 0) is 12.1 Å². The zero-order valence-electron chi connectivity index (χ0n) is 12.7. The van der Waals surface area contributed by atoms with Gasteiger partial charge in [-0.3, -0.25) is 9.69 Å². The second-order valence-electron chi connectivity index (χ2n) is 5.69. The van der Waals surface area contributed by atoms with Gasteiger partial charge in [0, 0.05) is 44.7 Å². The molecule has 2 heterocycles. The predicted molar refractivity (Wildman–Crippen MR) is 79.6 cm³/mol. The van der Waals surface area contributed by atoms with E-state index in [0.29, 0.717) is 30.8 Å². The topological polar surface area (TPSA) is 49.6 Å². The van der Waals surface area contributed by atoms with E-state index in [0.717, 1.165) is 17.9 Å². The molecule has 1 aliphatic heterocycles. The van der Waals surface area contributed by atoms with Crippen molar-refractivity contribution in [2.45, 2.75) is 13.0 Å². The molecular formula is C16H18FN3O2. The molecule has 0 atom stereocenters. The number of nitrogens with zero attached hydrogens (tertiary/aromatic N) is 3. The van der Waals surface area contributed by atoms with Crippen molar-refractivity contribution in [3.63, 3.8) is 0 Å². The lowest BCUT2D eigenvalue weighted by molar-refractivity contribution is -0.130. The van der Waals surface area contributed by atoms with Crippen LogP contribution in [0.25, 0.3) is 11.3 Å². The SMILES string of the molecule is CN(C)C(=O)CN1CCc2onc(-c3cccc(F)c3)c2C1. The number of fused-ring (bicyclic) bond motifs is 1. The Balaban J connectivity index is 1.84. The standard InChI is InChI=1S/C16H18FN3O2/c1-19(2)15(21)10-20-7-6-14-13(9-20)16(18-22-14)11-4-3-5-12(17)8-11/h3-5,8H,6-7,9-10H2,1-2H3. The van der Waals surface area contributed by atoms with Crippen LogP contribution in [0.2, 0.25) is 0 Å². The number of rotatable bonds is 3. The molecule has 0 aliphatic carbocycles. The largest absolute Gasteiger partial charge is 0.360 e. The average Bonchev–Trinajstić information content (AvgIpc) is 2.90. The van der Waals surface area contributed by atoms with Crippen LogP contribution >= 0.6 is 0 Å². The molecule has 1 aromatic carbocycles. The van der Waals surface area contributed by atoms with E-state index >= 15 is 0 Å². The molecule has 0 saturated carbocycles. The number of amides is 1. The Hall–Kier alpha value is -2.21. The van der Waals surface area contributed by atoms with E-state index in [1.807, 2.05) is 6.07 Å². The maximum Gasteiger partial charge on any atom is 0.236 e. The van der Waals surface area contributed by atoms with E-state index in [2.05, 4.69) is 10.1 Å². The summed E-state index contributed by atoms with van der Waals surface area (Å²) in [6.45, 7) is 1.70. The van der Waals surface area contributed by atoms with Gasteiger partial charge in [-0.25, -0.2) is 4.39 Å². The highest BCUT2D eigenvalue weighted by Gasteiger charge is 2.26. The second kappa shape index (κ2) is 5.88. The van der Waals surface area contributed by atoms with Gasteiger partial charge in [0.2, 0.25) is 5.91 Å². The Morgan fingerprint density at radius 3 is 3.00 bits per heavy atom. The quantitative estimate of drug-likeness (QED) is 0.869. The molecule has 6 heteroatoms. The molecule has 22 heavy (non-hydrogen) atoms. The van der Waals surface area contributed by atoms with Crippen LogP contribution in [0.5, 0.6) is 0 Å². The van der Waals surface area contributed by atoms with E-state index < -0.39 is 0 Å². The highest BCUT2D eigenvalue weighted by Crippen LogP contribution is 2.30. The Labute approximate surface area is 128 Å². The molecule has 0 unspecified atom stereocenters. The third-order valence-corrected chi connectivity index (χ3v) is 3.86. The Kier molecular flexibility index (Phi) is 3.94. The van der Waals surface area contributed by atoms with Crippen molar-refractivity contribution >= 4 is 5.91 Å². The van der Waals surface area contributed by atoms with E-state index in [4.69, 9.17) is 4.52 Å². The van der Waals surface area contributed by atoms with Crippen LogP contribution < -0.4 is 0 Å². The fraction of sp³-hybridized carbons (Fsp3) is 0.375. The normalized spacial score (nSPS) is 14.7. The number of benzene rings is 1. The number of hydrogen-bond donors (Lipinski definition) is 0. The Morgan fingerprint density at radius 2 is 2.27 bits per heavy atom. The summed E-state index contributed by atoms with van der Waals surface area (Å²) in [4.78, 5) is 15.5. The number of likely N-dealkylation sites (N-methyl/N-ethyl adjacent to an activating group) is 1. The second-order valence-corrected chi connectivity index (χ2v) is 5.69. The summed E-state index contributed by atoms with van der Waals surface area (Å²) in [5, 5.41) is 4.09. The van der Waals surface area contributed by atoms with Crippen LogP contribution in [0, 0.1) is 5.82 Å². The summed E-state index contributed by atoms with van der Waals surface area (Å²) in [5.41, 5.74) is 2.31. The first-order valence-electron chi connectivity index (χ1n) is 7.20. The predicted octanol–water partition coefficient (Wildman–Crippen LogP) is 1.93. The summed E-state index contributed by atoms with van der Waals surface area (Å²) < 4.78 is 18.8. The van der Waals surface area contributed by atoms with Gasteiger partial charge < -0.3 is 9.42 Å².